The molecule has 0 aliphatic heterocycles. The van der Waals surface area contributed by atoms with Crippen molar-refractivity contribution in [1.82, 2.24) is 4.72 Å². The van der Waals surface area contributed by atoms with Gasteiger partial charge in [0.05, 0.1) is 17.1 Å². The zero-order chi connectivity index (χ0) is 15.2. The van der Waals surface area contributed by atoms with E-state index in [0.717, 1.165) is 0 Å². The molecule has 1 amide bonds. The van der Waals surface area contributed by atoms with Crippen molar-refractivity contribution in [3.63, 3.8) is 0 Å². The number of ether oxygens (including phenoxy) is 1. The number of carbonyl (C=O) groups excluding carboxylic acids is 1. The monoisotopic (exact) mass is 298 g/mol. The van der Waals surface area contributed by atoms with Crippen molar-refractivity contribution in [2.45, 2.75) is 4.90 Å². The number of benzene rings is 1. The Bertz CT molecular complexity index is 636. The van der Waals surface area contributed by atoms with E-state index in [1.165, 1.54) is 18.2 Å². The van der Waals surface area contributed by atoms with E-state index in [1.807, 2.05) is 0 Å². The lowest BCUT2D eigenvalue weighted by Gasteiger charge is -2.08. The van der Waals surface area contributed by atoms with Gasteiger partial charge in [-0.3, -0.25) is 4.79 Å². The Balaban J connectivity index is 2.70. The number of nitrogens with two attached hydrogens (primary N) is 2. The molecule has 0 bridgehead atoms. The van der Waals surface area contributed by atoms with Crippen LogP contribution in [-0.4, -0.2) is 34.1 Å². The molecule has 0 aliphatic rings. The molecule has 0 atom stereocenters. The summed E-state index contributed by atoms with van der Waals surface area (Å²) in [5, 5.41) is 8.90. The Labute approximate surface area is 116 Å². The van der Waals surface area contributed by atoms with Gasteiger partial charge in [-0.05, 0) is 18.2 Å². The number of nitrogens with zero attached hydrogens (tertiary/aromatic N) is 1. The first-order valence-corrected chi connectivity index (χ1v) is 7.00. The van der Waals surface area contributed by atoms with Crippen LogP contribution in [-0.2, 0) is 19.6 Å². The summed E-state index contributed by atoms with van der Waals surface area (Å²) in [6, 6.07) is 5.68. The lowest BCUT2D eigenvalue weighted by atomic mass is 10.2. The van der Waals surface area contributed by atoms with Gasteiger partial charge in [-0.25, -0.2) is 13.1 Å². The van der Waals surface area contributed by atoms with Crippen molar-refractivity contribution in [3.05, 3.63) is 23.8 Å². The summed E-state index contributed by atoms with van der Waals surface area (Å²) < 4.78 is 31.0. The number of nitrogens with one attached hydrogen (secondary N) is 1. The van der Waals surface area contributed by atoms with Crippen LogP contribution in [0.2, 0.25) is 0 Å². The van der Waals surface area contributed by atoms with Gasteiger partial charge >= 0.3 is 0 Å². The van der Waals surface area contributed by atoms with Gasteiger partial charge < -0.3 is 16.2 Å². The summed E-state index contributed by atoms with van der Waals surface area (Å²) in [6.07, 6.45) is 0. The fourth-order valence-corrected chi connectivity index (χ4v) is 2.52. The molecule has 0 radical (unpaired) electrons. The average Bonchev–Trinajstić information content (AvgIpc) is 2.37. The fourth-order valence-electron chi connectivity index (χ4n) is 1.37. The number of hydrogen-bond donors (Lipinski definition) is 3. The molecular formula is C11H14N4O4S. The first kappa shape index (κ1) is 15.9. The van der Waals surface area contributed by atoms with Crippen LogP contribution in [0.4, 0.5) is 5.69 Å². The molecule has 20 heavy (non-hydrogen) atoms. The second-order valence-corrected chi connectivity index (χ2v) is 5.52. The maximum atomic E-state index is 12.0. The SMILES string of the molecule is N#Cc1cc(N)ccc1S(=O)(=O)NCCOCC(N)=O. The molecule has 0 aliphatic carbocycles. The Morgan fingerprint density at radius 3 is 2.75 bits per heavy atom. The summed E-state index contributed by atoms with van der Waals surface area (Å²) in [5.74, 6) is -0.641. The minimum Gasteiger partial charge on any atom is -0.399 e. The summed E-state index contributed by atoms with van der Waals surface area (Å²) in [4.78, 5) is 10.2. The van der Waals surface area contributed by atoms with Crippen LogP contribution in [0.25, 0.3) is 0 Å². The molecule has 1 aromatic rings. The minimum atomic E-state index is -3.84. The van der Waals surface area contributed by atoms with Gasteiger partial charge in [0.25, 0.3) is 0 Å². The van der Waals surface area contributed by atoms with Crippen molar-refractivity contribution < 1.29 is 17.9 Å². The first-order valence-electron chi connectivity index (χ1n) is 5.52. The number of sulfonamides is 1. The Morgan fingerprint density at radius 1 is 1.45 bits per heavy atom. The maximum absolute atomic E-state index is 12.0. The van der Waals surface area contributed by atoms with Gasteiger partial charge in [0.2, 0.25) is 15.9 Å². The number of anilines is 1. The number of hydrogen-bond acceptors (Lipinski definition) is 6. The third-order valence-corrected chi connectivity index (χ3v) is 3.72. The van der Waals surface area contributed by atoms with Gasteiger partial charge in [-0.1, -0.05) is 0 Å². The van der Waals surface area contributed by atoms with E-state index in [2.05, 4.69) is 4.72 Å². The van der Waals surface area contributed by atoms with Gasteiger partial charge in [0.15, 0.2) is 0 Å². The highest BCUT2D eigenvalue weighted by atomic mass is 32.2. The largest absolute Gasteiger partial charge is 0.399 e. The van der Waals surface area contributed by atoms with Crippen molar-refractivity contribution in [2.24, 2.45) is 5.73 Å². The van der Waals surface area contributed by atoms with Crippen molar-refractivity contribution in [1.29, 1.82) is 5.26 Å². The predicted octanol–water partition coefficient (Wildman–Crippen LogP) is -1.08. The molecule has 0 aromatic heterocycles. The number of carbonyl (C=O) groups is 1. The molecular weight excluding hydrogens is 284 g/mol. The van der Waals surface area contributed by atoms with Gasteiger partial charge in [0.1, 0.15) is 12.7 Å². The van der Waals surface area contributed by atoms with Crippen LogP contribution in [0.1, 0.15) is 5.56 Å². The predicted molar refractivity (Wildman–Crippen MR) is 70.8 cm³/mol. The standard InChI is InChI=1S/C11H14N4O4S/c12-6-8-5-9(13)1-2-10(8)20(17,18)15-3-4-19-7-11(14)16/h1-2,5,15H,3-4,7,13H2,(H2,14,16). The summed E-state index contributed by atoms with van der Waals surface area (Å²) in [6.45, 7) is -0.350. The quantitative estimate of drug-likeness (QED) is 0.430. The highest BCUT2D eigenvalue weighted by Crippen LogP contribution is 2.17. The molecule has 0 saturated heterocycles. The summed E-state index contributed by atoms with van der Waals surface area (Å²) >= 11 is 0. The molecule has 0 spiro atoms. The van der Waals surface area contributed by atoms with Crippen molar-refractivity contribution >= 4 is 21.6 Å². The number of nitriles is 1. The molecule has 1 rings (SSSR count). The molecule has 9 heteroatoms. The number of rotatable bonds is 7. The number of nitrogen functional groups attached to an aromatic ring is 1. The van der Waals surface area contributed by atoms with E-state index < -0.39 is 15.9 Å². The lowest BCUT2D eigenvalue weighted by molar-refractivity contribution is -0.122. The van der Waals surface area contributed by atoms with Crippen LogP contribution >= 0.6 is 0 Å². The van der Waals surface area contributed by atoms with E-state index >= 15 is 0 Å². The number of amides is 1. The van der Waals surface area contributed by atoms with Crippen molar-refractivity contribution in [2.75, 3.05) is 25.5 Å². The molecule has 0 fully saturated rings. The first-order chi connectivity index (χ1) is 9.36. The topological polar surface area (TPSA) is 148 Å². The van der Waals surface area contributed by atoms with Gasteiger partial charge in [0, 0.05) is 12.2 Å². The lowest BCUT2D eigenvalue weighted by Crippen LogP contribution is -2.29. The Hall–Kier alpha value is -2.15. The molecule has 0 unspecified atom stereocenters. The van der Waals surface area contributed by atoms with E-state index in [1.54, 1.807) is 6.07 Å². The Kier molecular flexibility index (Phi) is 5.45. The molecule has 0 saturated carbocycles. The highest BCUT2D eigenvalue weighted by molar-refractivity contribution is 7.89. The number of primary amides is 1. The van der Waals surface area contributed by atoms with E-state index in [9.17, 15) is 13.2 Å². The molecule has 1 aromatic carbocycles. The van der Waals surface area contributed by atoms with Crippen LogP contribution in [0.3, 0.4) is 0 Å². The van der Waals surface area contributed by atoms with E-state index in [4.69, 9.17) is 21.5 Å². The van der Waals surface area contributed by atoms with Crippen LogP contribution in [0.5, 0.6) is 0 Å². The minimum absolute atomic E-state index is 0.0149. The smallest absolute Gasteiger partial charge is 0.243 e. The van der Waals surface area contributed by atoms with Crippen LogP contribution < -0.4 is 16.2 Å². The molecule has 0 heterocycles. The van der Waals surface area contributed by atoms with Gasteiger partial charge in [-0.15, -0.1) is 0 Å². The summed E-state index contributed by atoms with van der Waals surface area (Å²) in [5.41, 5.74) is 10.6. The third kappa shape index (κ3) is 4.51. The fraction of sp³-hybridized carbons (Fsp3) is 0.273. The maximum Gasteiger partial charge on any atom is 0.243 e. The average molecular weight is 298 g/mol. The molecule has 5 N–H and O–H groups in total. The second-order valence-electron chi connectivity index (χ2n) is 3.78. The van der Waals surface area contributed by atoms with Gasteiger partial charge in [-0.2, -0.15) is 5.26 Å². The zero-order valence-corrected chi connectivity index (χ0v) is 11.3. The second kappa shape index (κ2) is 6.85. The van der Waals surface area contributed by atoms with Crippen LogP contribution in [0.15, 0.2) is 23.1 Å². The van der Waals surface area contributed by atoms with Crippen LogP contribution in [0, 0.1) is 11.3 Å². The highest BCUT2D eigenvalue weighted by Gasteiger charge is 2.18. The van der Waals surface area contributed by atoms with E-state index in [0.29, 0.717) is 5.69 Å². The normalized spacial score (nSPS) is 10.9. The summed E-state index contributed by atoms with van der Waals surface area (Å²) in [7, 11) is -3.84. The van der Waals surface area contributed by atoms with E-state index in [-0.39, 0.29) is 30.2 Å². The van der Waals surface area contributed by atoms with Crippen molar-refractivity contribution in [3.8, 4) is 6.07 Å². The Morgan fingerprint density at radius 2 is 2.15 bits per heavy atom. The third-order valence-electron chi connectivity index (χ3n) is 2.20. The molecule has 8 nitrogen and oxygen atoms in total. The zero-order valence-electron chi connectivity index (χ0n) is 10.5. The molecule has 108 valence electrons.